The zero-order valence-corrected chi connectivity index (χ0v) is 17.3. The first-order valence-corrected chi connectivity index (χ1v) is 10.6. The van der Waals surface area contributed by atoms with Gasteiger partial charge >= 0.3 is 0 Å². The Kier molecular flexibility index (Phi) is 6.10. The number of anilines is 1. The molecule has 7 nitrogen and oxygen atoms in total. The van der Waals surface area contributed by atoms with E-state index in [2.05, 4.69) is 32.7 Å². The van der Waals surface area contributed by atoms with Crippen LogP contribution in [0, 0.1) is 4.77 Å². The van der Waals surface area contributed by atoms with E-state index < -0.39 is 0 Å². The van der Waals surface area contributed by atoms with E-state index in [1.807, 2.05) is 12.1 Å². The molecule has 1 aromatic heterocycles. The Morgan fingerprint density at radius 1 is 1.04 bits per heavy atom. The summed E-state index contributed by atoms with van der Waals surface area (Å²) in [6.07, 6.45) is 0. The smallest absolute Gasteiger partial charge is 0.262 e. The molecule has 2 aliphatic rings. The number of piperazine rings is 1. The van der Waals surface area contributed by atoms with Crippen molar-refractivity contribution in [1.82, 2.24) is 19.4 Å². The van der Waals surface area contributed by atoms with Crippen molar-refractivity contribution in [1.29, 1.82) is 0 Å². The standard InChI is InChI=1S/C20H29N5O2S/c1-2-22-5-7-23(8-6-22)9-10-25-19(26)17-15-16(24-11-13-27-14-12-24)3-4-18(17)21-20(25)28/h3-4,15H,2,5-14H2,1H3,(H,21,28). The van der Waals surface area contributed by atoms with Crippen LogP contribution < -0.4 is 10.5 Å². The summed E-state index contributed by atoms with van der Waals surface area (Å²) in [5.74, 6) is 0. The highest BCUT2D eigenvalue weighted by Crippen LogP contribution is 2.20. The van der Waals surface area contributed by atoms with E-state index in [-0.39, 0.29) is 5.56 Å². The number of nitrogens with one attached hydrogen (secondary N) is 1. The normalized spacial score (nSPS) is 19.4. The fraction of sp³-hybridized carbons (Fsp3) is 0.600. The minimum atomic E-state index is 0.000976. The molecule has 28 heavy (non-hydrogen) atoms. The van der Waals surface area contributed by atoms with Crippen molar-refractivity contribution in [2.75, 3.05) is 70.5 Å². The molecule has 2 aliphatic heterocycles. The topological polar surface area (TPSA) is 56.7 Å². The fourth-order valence-corrected chi connectivity index (χ4v) is 4.31. The summed E-state index contributed by atoms with van der Waals surface area (Å²) in [5.41, 5.74) is 1.88. The first kappa shape index (κ1) is 19.6. The molecule has 0 aliphatic carbocycles. The highest BCUT2D eigenvalue weighted by Gasteiger charge is 2.17. The van der Waals surface area contributed by atoms with Gasteiger partial charge in [0.1, 0.15) is 0 Å². The zero-order chi connectivity index (χ0) is 19.5. The van der Waals surface area contributed by atoms with Crippen LogP contribution in [0.15, 0.2) is 23.0 Å². The lowest BCUT2D eigenvalue weighted by molar-refractivity contribution is 0.122. The number of likely N-dealkylation sites (N-methyl/N-ethyl adjacent to an activating group) is 1. The van der Waals surface area contributed by atoms with Gasteiger partial charge in [0.15, 0.2) is 4.77 Å². The Bertz CT molecular complexity index is 926. The molecule has 2 saturated heterocycles. The highest BCUT2D eigenvalue weighted by molar-refractivity contribution is 7.71. The maximum atomic E-state index is 13.2. The molecule has 0 unspecified atom stereocenters. The first-order valence-electron chi connectivity index (χ1n) is 10.2. The van der Waals surface area contributed by atoms with Crippen molar-refractivity contribution in [3.63, 3.8) is 0 Å². The second-order valence-corrected chi connectivity index (χ2v) is 7.88. The molecule has 0 saturated carbocycles. The molecule has 1 aromatic carbocycles. The number of morpholine rings is 1. The monoisotopic (exact) mass is 403 g/mol. The van der Waals surface area contributed by atoms with Gasteiger partial charge in [0.05, 0.1) is 24.1 Å². The number of aromatic amines is 1. The molecule has 0 radical (unpaired) electrons. The molecule has 2 fully saturated rings. The van der Waals surface area contributed by atoms with Gasteiger partial charge in [0.2, 0.25) is 0 Å². The van der Waals surface area contributed by atoms with E-state index in [1.165, 1.54) is 0 Å². The van der Waals surface area contributed by atoms with Crippen LogP contribution >= 0.6 is 12.2 Å². The Morgan fingerprint density at radius 3 is 2.46 bits per heavy atom. The second-order valence-electron chi connectivity index (χ2n) is 7.49. The SMILES string of the molecule is CCN1CCN(CCn2c(=S)[nH]c3ccc(N4CCOCC4)cc3c2=O)CC1. The lowest BCUT2D eigenvalue weighted by Crippen LogP contribution is -2.47. The molecule has 0 bridgehead atoms. The van der Waals surface area contributed by atoms with Gasteiger partial charge in [-0.15, -0.1) is 0 Å². The minimum absolute atomic E-state index is 0.000976. The predicted molar refractivity (Wildman–Crippen MR) is 115 cm³/mol. The number of rotatable bonds is 5. The number of fused-ring (bicyclic) bond motifs is 1. The number of hydrogen-bond acceptors (Lipinski definition) is 6. The lowest BCUT2D eigenvalue weighted by Gasteiger charge is -2.34. The largest absolute Gasteiger partial charge is 0.378 e. The molecule has 2 aromatic rings. The molecular weight excluding hydrogens is 374 g/mol. The Labute approximate surface area is 170 Å². The minimum Gasteiger partial charge on any atom is -0.378 e. The molecule has 3 heterocycles. The van der Waals surface area contributed by atoms with Gasteiger partial charge in [-0.3, -0.25) is 14.3 Å². The van der Waals surface area contributed by atoms with Crippen LogP contribution in [-0.4, -0.2) is 84.9 Å². The number of ether oxygens (including phenoxy) is 1. The number of aromatic nitrogens is 2. The van der Waals surface area contributed by atoms with Crippen molar-refractivity contribution in [3.8, 4) is 0 Å². The van der Waals surface area contributed by atoms with Gasteiger partial charge < -0.3 is 19.5 Å². The summed E-state index contributed by atoms with van der Waals surface area (Å²) in [7, 11) is 0. The van der Waals surface area contributed by atoms with Crippen LogP contribution in [0.4, 0.5) is 5.69 Å². The third-order valence-corrected chi connectivity index (χ3v) is 6.22. The van der Waals surface area contributed by atoms with Gasteiger partial charge in [-0.25, -0.2) is 0 Å². The van der Waals surface area contributed by atoms with E-state index in [4.69, 9.17) is 17.0 Å². The number of hydrogen-bond donors (Lipinski definition) is 1. The van der Waals surface area contributed by atoms with Crippen LogP contribution in [0.3, 0.4) is 0 Å². The zero-order valence-electron chi connectivity index (χ0n) is 16.5. The van der Waals surface area contributed by atoms with Gasteiger partial charge in [-0.1, -0.05) is 6.92 Å². The summed E-state index contributed by atoms with van der Waals surface area (Å²) < 4.78 is 7.65. The van der Waals surface area contributed by atoms with Gasteiger partial charge in [0.25, 0.3) is 5.56 Å². The Balaban J connectivity index is 1.54. The molecule has 1 N–H and O–H groups in total. The molecular formula is C20H29N5O2S. The van der Waals surface area contributed by atoms with Gasteiger partial charge in [-0.05, 0) is 37.0 Å². The summed E-state index contributed by atoms with van der Waals surface area (Å²) in [6.45, 7) is 12.2. The van der Waals surface area contributed by atoms with Crippen molar-refractivity contribution in [2.45, 2.75) is 13.5 Å². The number of nitrogens with zero attached hydrogens (tertiary/aromatic N) is 4. The maximum absolute atomic E-state index is 13.2. The average molecular weight is 404 g/mol. The highest BCUT2D eigenvalue weighted by atomic mass is 32.1. The van der Waals surface area contributed by atoms with Crippen molar-refractivity contribution < 1.29 is 4.74 Å². The predicted octanol–water partition coefficient (Wildman–Crippen LogP) is 1.53. The summed E-state index contributed by atoms with van der Waals surface area (Å²) in [6, 6.07) is 6.01. The molecule has 8 heteroatoms. The molecule has 0 spiro atoms. The van der Waals surface area contributed by atoms with Crippen LogP contribution in [0.5, 0.6) is 0 Å². The molecule has 4 rings (SSSR count). The van der Waals surface area contributed by atoms with E-state index in [0.717, 1.165) is 76.8 Å². The van der Waals surface area contributed by atoms with E-state index >= 15 is 0 Å². The number of benzene rings is 1. The fourth-order valence-electron chi connectivity index (χ4n) is 4.03. The van der Waals surface area contributed by atoms with E-state index in [1.54, 1.807) is 4.57 Å². The summed E-state index contributed by atoms with van der Waals surface area (Å²) in [4.78, 5) is 23.5. The Hall–Kier alpha value is -1.74. The van der Waals surface area contributed by atoms with Crippen molar-refractivity contribution in [3.05, 3.63) is 33.3 Å². The number of H-pyrrole nitrogens is 1. The second kappa shape index (κ2) is 8.73. The van der Waals surface area contributed by atoms with Crippen LogP contribution in [-0.2, 0) is 11.3 Å². The first-order chi connectivity index (χ1) is 13.7. The molecule has 0 amide bonds. The van der Waals surface area contributed by atoms with Crippen molar-refractivity contribution in [2.24, 2.45) is 0 Å². The maximum Gasteiger partial charge on any atom is 0.262 e. The summed E-state index contributed by atoms with van der Waals surface area (Å²) >= 11 is 5.48. The van der Waals surface area contributed by atoms with Crippen LogP contribution in [0.2, 0.25) is 0 Å². The van der Waals surface area contributed by atoms with Gasteiger partial charge in [-0.2, -0.15) is 0 Å². The molecule has 152 valence electrons. The Morgan fingerprint density at radius 2 is 1.75 bits per heavy atom. The van der Waals surface area contributed by atoms with Gasteiger partial charge in [0, 0.05) is 58.0 Å². The quantitative estimate of drug-likeness (QED) is 0.765. The van der Waals surface area contributed by atoms with Crippen LogP contribution in [0.25, 0.3) is 10.9 Å². The lowest BCUT2D eigenvalue weighted by atomic mass is 10.2. The van der Waals surface area contributed by atoms with E-state index in [0.29, 0.717) is 16.7 Å². The molecule has 0 atom stereocenters. The van der Waals surface area contributed by atoms with E-state index in [9.17, 15) is 4.79 Å². The summed E-state index contributed by atoms with van der Waals surface area (Å²) in [5, 5.41) is 0.702. The third-order valence-electron chi connectivity index (χ3n) is 5.89. The van der Waals surface area contributed by atoms with Crippen LogP contribution in [0.1, 0.15) is 6.92 Å². The van der Waals surface area contributed by atoms with Crippen molar-refractivity contribution >= 4 is 28.8 Å². The average Bonchev–Trinajstić information content (AvgIpc) is 2.74. The third kappa shape index (κ3) is 4.15.